The fraction of sp³-hybridized carbons (Fsp3) is 0.154. The average Bonchev–Trinajstić information content (AvgIpc) is 2.38. The van der Waals surface area contributed by atoms with Crippen molar-refractivity contribution < 1.29 is 9.84 Å². The van der Waals surface area contributed by atoms with E-state index < -0.39 is 6.10 Å². The molecule has 0 bridgehead atoms. The lowest BCUT2D eigenvalue weighted by Crippen LogP contribution is -2.08. The fourth-order valence-corrected chi connectivity index (χ4v) is 1.61. The Morgan fingerprint density at radius 2 is 1.88 bits per heavy atom. The molecule has 0 fully saturated rings. The molecule has 0 saturated carbocycles. The number of rotatable bonds is 3. The molecule has 17 heavy (non-hydrogen) atoms. The van der Waals surface area contributed by atoms with Gasteiger partial charge in [-0.3, -0.25) is 4.79 Å². The molecule has 4 heteroatoms. The van der Waals surface area contributed by atoms with Crippen molar-refractivity contribution in [3.8, 4) is 5.75 Å². The molecule has 0 spiro atoms. The van der Waals surface area contributed by atoms with Gasteiger partial charge in [0.1, 0.15) is 11.9 Å². The summed E-state index contributed by atoms with van der Waals surface area (Å²) < 4.78 is 5.04. The van der Waals surface area contributed by atoms with Gasteiger partial charge in [-0.2, -0.15) is 0 Å². The number of pyridine rings is 1. The van der Waals surface area contributed by atoms with Crippen LogP contribution in [0.25, 0.3) is 0 Å². The van der Waals surface area contributed by atoms with Gasteiger partial charge in [0, 0.05) is 12.3 Å². The number of aromatic nitrogens is 1. The van der Waals surface area contributed by atoms with Crippen LogP contribution in [-0.2, 0) is 0 Å². The molecule has 1 aromatic heterocycles. The van der Waals surface area contributed by atoms with Crippen molar-refractivity contribution in [2.75, 3.05) is 7.11 Å². The monoisotopic (exact) mass is 231 g/mol. The van der Waals surface area contributed by atoms with E-state index in [0.29, 0.717) is 5.56 Å². The van der Waals surface area contributed by atoms with Crippen LogP contribution in [0.1, 0.15) is 17.2 Å². The largest absolute Gasteiger partial charge is 0.497 e. The van der Waals surface area contributed by atoms with E-state index in [-0.39, 0.29) is 5.56 Å². The molecule has 0 aliphatic carbocycles. The van der Waals surface area contributed by atoms with Gasteiger partial charge >= 0.3 is 0 Å². The van der Waals surface area contributed by atoms with Crippen molar-refractivity contribution in [2.45, 2.75) is 6.10 Å². The van der Waals surface area contributed by atoms with E-state index in [0.717, 1.165) is 11.3 Å². The number of H-pyrrole nitrogens is 1. The number of aliphatic hydroxyl groups excluding tert-OH is 1. The zero-order valence-corrected chi connectivity index (χ0v) is 9.38. The number of methoxy groups -OCH3 is 1. The van der Waals surface area contributed by atoms with Crippen molar-refractivity contribution in [3.05, 3.63) is 64.1 Å². The lowest BCUT2D eigenvalue weighted by molar-refractivity contribution is 0.220. The number of aliphatic hydroxyl groups is 1. The third-order valence-electron chi connectivity index (χ3n) is 2.55. The molecule has 2 aromatic rings. The first-order chi connectivity index (χ1) is 8.20. The zero-order chi connectivity index (χ0) is 12.3. The fourth-order valence-electron chi connectivity index (χ4n) is 1.61. The average molecular weight is 231 g/mol. The Kier molecular flexibility index (Phi) is 3.25. The molecule has 0 amide bonds. The molecule has 1 unspecified atom stereocenters. The van der Waals surface area contributed by atoms with Crippen LogP contribution >= 0.6 is 0 Å². The Hall–Kier alpha value is -2.07. The topological polar surface area (TPSA) is 62.3 Å². The molecular weight excluding hydrogens is 218 g/mol. The number of ether oxygens (including phenoxy) is 1. The van der Waals surface area contributed by atoms with Crippen LogP contribution in [-0.4, -0.2) is 17.2 Å². The van der Waals surface area contributed by atoms with Crippen molar-refractivity contribution in [1.29, 1.82) is 0 Å². The Morgan fingerprint density at radius 3 is 2.47 bits per heavy atom. The standard InChI is InChI=1S/C13H13NO3/c1-17-11-4-2-9(3-5-11)13(16)10-6-7-14-12(15)8-10/h2-8,13,16H,1H3,(H,14,15). The van der Waals surface area contributed by atoms with Crippen molar-refractivity contribution >= 4 is 0 Å². The highest BCUT2D eigenvalue weighted by atomic mass is 16.5. The van der Waals surface area contributed by atoms with E-state index in [1.54, 1.807) is 37.4 Å². The van der Waals surface area contributed by atoms with E-state index >= 15 is 0 Å². The van der Waals surface area contributed by atoms with Crippen LogP contribution in [0.2, 0.25) is 0 Å². The second-order valence-corrected chi connectivity index (χ2v) is 3.66. The second kappa shape index (κ2) is 4.84. The SMILES string of the molecule is COc1ccc(C(O)c2cc[nH]c(=O)c2)cc1. The van der Waals surface area contributed by atoms with E-state index in [2.05, 4.69) is 4.98 Å². The van der Waals surface area contributed by atoms with Crippen LogP contribution in [0.4, 0.5) is 0 Å². The number of benzene rings is 1. The summed E-state index contributed by atoms with van der Waals surface area (Å²) in [5, 5.41) is 10.1. The van der Waals surface area contributed by atoms with Crippen LogP contribution in [0.3, 0.4) is 0 Å². The summed E-state index contributed by atoms with van der Waals surface area (Å²) in [7, 11) is 1.59. The number of nitrogens with one attached hydrogen (secondary N) is 1. The van der Waals surface area contributed by atoms with E-state index in [1.807, 2.05) is 0 Å². The molecule has 0 radical (unpaired) electrons. The van der Waals surface area contributed by atoms with E-state index in [4.69, 9.17) is 4.74 Å². The molecule has 0 saturated heterocycles. The summed E-state index contributed by atoms with van der Waals surface area (Å²) in [4.78, 5) is 13.6. The summed E-state index contributed by atoms with van der Waals surface area (Å²) in [6.45, 7) is 0. The highest BCUT2D eigenvalue weighted by Crippen LogP contribution is 2.22. The molecular formula is C13H13NO3. The molecule has 2 N–H and O–H groups in total. The van der Waals surface area contributed by atoms with Crippen LogP contribution < -0.4 is 10.3 Å². The van der Waals surface area contributed by atoms with Gasteiger partial charge in [-0.25, -0.2) is 0 Å². The van der Waals surface area contributed by atoms with Gasteiger partial charge in [0.25, 0.3) is 0 Å². The lowest BCUT2D eigenvalue weighted by Gasteiger charge is -2.11. The molecule has 4 nitrogen and oxygen atoms in total. The smallest absolute Gasteiger partial charge is 0.248 e. The van der Waals surface area contributed by atoms with Crippen molar-refractivity contribution in [1.82, 2.24) is 4.98 Å². The Labute approximate surface area is 98.5 Å². The van der Waals surface area contributed by atoms with Crippen LogP contribution in [0, 0.1) is 0 Å². The molecule has 2 rings (SSSR count). The Bertz CT molecular complexity index is 545. The molecule has 0 aliphatic rings. The summed E-state index contributed by atoms with van der Waals surface area (Å²) in [6, 6.07) is 10.1. The maximum Gasteiger partial charge on any atom is 0.248 e. The van der Waals surface area contributed by atoms with Gasteiger partial charge in [-0.05, 0) is 29.3 Å². The first-order valence-electron chi connectivity index (χ1n) is 5.21. The number of hydrogen-bond donors (Lipinski definition) is 2. The normalized spacial score (nSPS) is 12.1. The molecule has 88 valence electrons. The van der Waals surface area contributed by atoms with Crippen LogP contribution in [0.5, 0.6) is 5.75 Å². The number of aromatic amines is 1. The summed E-state index contributed by atoms with van der Waals surface area (Å²) in [6.07, 6.45) is 0.716. The van der Waals surface area contributed by atoms with Crippen molar-refractivity contribution in [2.24, 2.45) is 0 Å². The molecule has 1 aromatic carbocycles. The minimum Gasteiger partial charge on any atom is -0.497 e. The Morgan fingerprint density at radius 1 is 1.18 bits per heavy atom. The van der Waals surface area contributed by atoms with Crippen LogP contribution in [0.15, 0.2) is 47.4 Å². The van der Waals surface area contributed by atoms with E-state index in [1.165, 1.54) is 12.3 Å². The number of hydrogen-bond acceptors (Lipinski definition) is 3. The maximum absolute atomic E-state index is 11.1. The molecule has 1 heterocycles. The highest BCUT2D eigenvalue weighted by Gasteiger charge is 2.10. The summed E-state index contributed by atoms with van der Waals surface area (Å²) in [5.41, 5.74) is 1.06. The summed E-state index contributed by atoms with van der Waals surface area (Å²) >= 11 is 0. The van der Waals surface area contributed by atoms with E-state index in [9.17, 15) is 9.90 Å². The third kappa shape index (κ3) is 2.54. The van der Waals surface area contributed by atoms with Crippen molar-refractivity contribution in [3.63, 3.8) is 0 Å². The van der Waals surface area contributed by atoms with Gasteiger partial charge < -0.3 is 14.8 Å². The summed E-state index contributed by atoms with van der Waals surface area (Å²) in [5.74, 6) is 0.729. The first-order valence-corrected chi connectivity index (χ1v) is 5.21. The van der Waals surface area contributed by atoms with Gasteiger partial charge in [-0.1, -0.05) is 12.1 Å². The molecule has 0 aliphatic heterocycles. The minimum absolute atomic E-state index is 0.227. The quantitative estimate of drug-likeness (QED) is 0.840. The Balaban J connectivity index is 2.30. The van der Waals surface area contributed by atoms with Gasteiger partial charge in [-0.15, -0.1) is 0 Å². The van der Waals surface area contributed by atoms with Gasteiger partial charge in [0.2, 0.25) is 5.56 Å². The zero-order valence-electron chi connectivity index (χ0n) is 9.38. The highest BCUT2D eigenvalue weighted by molar-refractivity contribution is 5.33. The van der Waals surface area contributed by atoms with Gasteiger partial charge in [0.15, 0.2) is 0 Å². The predicted octanol–water partition coefficient (Wildman–Crippen LogP) is 1.47. The minimum atomic E-state index is -0.803. The predicted molar refractivity (Wildman–Crippen MR) is 64.1 cm³/mol. The molecule has 1 atom stereocenters. The second-order valence-electron chi connectivity index (χ2n) is 3.66. The first kappa shape index (κ1) is 11.4. The third-order valence-corrected chi connectivity index (χ3v) is 2.55. The maximum atomic E-state index is 11.1. The lowest BCUT2D eigenvalue weighted by atomic mass is 10.0. The van der Waals surface area contributed by atoms with Gasteiger partial charge in [0.05, 0.1) is 7.11 Å².